The zero-order valence-electron chi connectivity index (χ0n) is 16.5. The summed E-state index contributed by atoms with van der Waals surface area (Å²) in [5, 5.41) is 1.32. The second kappa shape index (κ2) is 7.71. The lowest BCUT2D eigenvalue weighted by atomic mass is 9.97. The Morgan fingerprint density at radius 2 is 1.60 bits per heavy atom. The van der Waals surface area contributed by atoms with Crippen LogP contribution in [0.5, 0.6) is 0 Å². The standard InChI is InChI=1S/C24H21N3O3/c28-23-17-10-5-7-13-20(17)26-21(27-23)14-30-24(29)22-15-8-2-1-3-11-18(15)25-19-12-6-4-9-16(19)22/h4-7,9-10,12-13H,1-3,8,11,14H2,(H,26,27,28). The third-order valence-corrected chi connectivity index (χ3v) is 5.63. The van der Waals surface area contributed by atoms with Crippen molar-refractivity contribution in [3.63, 3.8) is 0 Å². The first-order valence-electron chi connectivity index (χ1n) is 10.3. The number of pyridine rings is 1. The predicted octanol–water partition coefficient (Wildman–Crippen LogP) is 4.10. The molecule has 1 aliphatic rings. The van der Waals surface area contributed by atoms with Crippen LogP contribution in [-0.2, 0) is 24.2 Å². The van der Waals surface area contributed by atoms with Gasteiger partial charge in [-0.1, -0.05) is 36.8 Å². The van der Waals surface area contributed by atoms with Crippen molar-refractivity contribution in [2.75, 3.05) is 0 Å². The van der Waals surface area contributed by atoms with E-state index in [1.54, 1.807) is 18.2 Å². The summed E-state index contributed by atoms with van der Waals surface area (Å²) in [4.78, 5) is 37.4. The number of nitrogens with one attached hydrogen (secondary N) is 1. The van der Waals surface area contributed by atoms with Crippen LogP contribution >= 0.6 is 0 Å². The number of hydrogen-bond acceptors (Lipinski definition) is 5. The molecule has 0 spiro atoms. The summed E-state index contributed by atoms with van der Waals surface area (Å²) in [5.41, 5.74) is 3.74. The Bertz CT molecular complexity index is 1330. The average Bonchev–Trinajstić information content (AvgIpc) is 3.01. The summed E-state index contributed by atoms with van der Waals surface area (Å²) in [7, 11) is 0. The smallest absolute Gasteiger partial charge is 0.339 e. The Kier molecular flexibility index (Phi) is 4.75. The van der Waals surface area contributed by atoms with E-state index in [0.29, 0.717) is 22.3 Å². The molecule has 6 heteroatoms. The minimum Gasteiger partial charge on any atom is -0.454 e. The molecule has 0 radical (unpaired) electrons. The minimum atomic E-state index is -0.400. The number of H-pyrrole nitrogens is 1. The van der Waals surface area contributed by atoms with Crippen molar-refractivity contribution in [1.82, 2.24) is 15.0 Å². The molecule has 150 valence electrons. The number of benzene rings is 2. The molecule has 0 unspecified atom stereocenters. The predicted molar refractivity (Wildman–Crippen MR) is 114 cm³/mol. The van der Waals surface area contributed by atoms with Gasteiger partial charge in [0.15, 0.2) is 0 Å². The Hall–Kier alpha value is -3.54. The molecule has 0 atom stereocenters. The molecule has 2 aromatic heterocycles. The summed E-state index contributed by atoms with van der Waals surface area (Å²) in [6.45, 7) is -0.0929. The maximum Gasteiger partial charge on any atom is 0.339 e. The van der Waals surface area contributed by atoms with Crippen molar-refractivity contribution in [2.45, 2.75) is 38.7 Å². The third-order valence-electron chi connectivity index (χ3n) is 5.63. The van der Waals surface area contributed by atoms with Gasteiger partial charge in [0.25, 0.3) is 5.56 Å². The van der Waals surface area contributed by atoms with E-state index < -0.39 is 5.97 Å². The zero-order valence-corrected chi connectivity index (χ0v) is 16.5. The summed E-state index contributed by atoms with van der Waals surface area (Å²) < 4.78 is 5.63. The first-order valence-corrected chi connectivity index (χ1v) is 10.3. The van der Waals surface area contributed by atoms with Gasteiger partial charge in [0.2, 0.25) is 0 Å². The van der Waals surface area contributed by atoms with E-state index >= 15 is 0 Å². The lowest BCUT2D eigenvalue weighted by molar-refractivity contribution is 0.0463. The topological polar surface area (TPSA) is 84.9 Å². The van der Waals surface area contributed by atoms with Crippen LogP contribution in [0.1, 0.15) is 46.7 Å². The highest BCUT2D eigenvalue weighted by Gasteiger charge is 2.23. The van der Waals surface area contributed by atoms with Gasteiger partial charge in [-0.3, -0.25) is 9.78 Å². The number of para-hydroxylation sites is 2. The van der Waals surface area contributed by atoms with Crippen LogP contribution < -0.4 is 5.56 Å². The van der Waals surface area contributed by atoms with E-state index in [-0.39, 0.29) is 12.2 Å². The number of nitrogens with zero attached hydrogens (tertiary/aromatic N) is 2. The van der Waals surface area contributed by atoms with Crippen LogP contribution in [0.2, 0.25) is 0 Å². The number of aromatic nitrogens is 3. The number of hydrogen-bond donors (Lipinski definition) is 1. The molecule has 1 N–H and O–H groups in total. The average molecular weight is 399 g/mol. The number of rotatable bonds is 3. The van der Waals surface area contributed by atoms with E-state index in [9.17, 15) is 9.59 Å². The highest BCUT2D eigenvalue weighted by Crippen LogP contribution is 2.29. The van der Waals surface area contributed by atoms with E-state index in [1.165, 1.54) is 0 Å². The molecule has 0 aliphatic heterocycles. The lowest BCUT2D eigenvalue weighted by Gasteiger charge is -2.15. The molecule has 6 nitrogen and oxygen atoms in total. The molecule has 0 fully saturated rings. The van der Waals surface area contributed by atoms with Crippen molar-refractivity contribution in [1.29, 1.82) is 0 Å². The molecule has 0 saturated heterocycles. The fourth-order valence-corrected chi connectivity index (χ4v) is 4.19. The quantitative estimate of drug-likeness (QED) is 0.414. The summed E-state index contributed by atoms with van der Waals surface area (Å²) in [6.07, 6.45) is 4.94. The number of carbonyl (C=O) groups is 1. The van der Waals surface area contributed by atoms with Crippen molar-refractivity contribution in [2.24, 2.45) is 0 Å². The largest absolute Gasteiger partial charge is 0.454 e. The molecule has 2 heterocycles. The molecule has 1 aliphatic carbocycles. The molecule has 30 heavy (non-hydrogen) atoms. The molecule has 2 aromatic carbocycles. The van der Waals surface area contributed by atoms with E-state index in [1.807, 2.05) is 30.3 Å². The Labute approximate surface area is 172 Å². The molecular formula is C24H21N3O3. The molecular weight excluding hydrogens is 378 g/mol. The van der Waals surface area contributed by atoms with Crippen LogP contribution in [0.25, 0.3) is 21.8 Å². The molecule has 0 amide bonds. The Balaban J connectivity index is 1.51. The highest BCUT2D eigenvalue weighted by atomic mass is 16.5. The molecule has 0 bridgehead atoms. The SMILES string of the molecule is O=C(OCc1nc2ccccc2c(=O)[nH]1)c1c2c(nc3ccccc13)CCCCC2. The summed E-state index contributed by atoms with van der Waals surface area (Å²) in [5.74, 6) is -0.0703. The first-order chi connectivity index (χ1) is 14.7. The van der Waals surface area contributed by atoms with Crippen LogP contribution in [-0.4, -0.2) is 20.9 Å². The van der Waals surface area contributed by atoms with E-state index in [0.717, 1.165) is 54.3 Å². The maximum atomic E-state index is 13.2. The highest BCUT2D eigenvalue weighted by molar-refractivity contribution is 6.05. The lowest BCUT2D eigenvalue weighted by Crippen LogP contribution is -2.16. The van der Waals surface area contributed by atoms with Gasteiger partial charge >= 0.3 is 5.97 Å². The number of aryl methyl sites for hydroxylation is 1. The second-order valence-corrected chi connectivity index (χ2v) is 7.60. The van der Waals surface area contributed by atoms with Crippen molar-refractivity contribution >= 4 is 27.8 Å². The van der Waals surface area contributed by atoms with Crippen LogP contribution in [0.4, 0.5) is 0 Å². The summed E-state index contributed by atoms with van der Waals surface area (Å²) in [6, 6.07) is 14.8. The van der Waals surface area contributed by atoms with Crippen molar-refractivity contribution in [3.05, 3.63) is 81.5 Å². The van der Waals surface area contributed by atoms with Gasteiger partial charge in [-0.15, -0.1) is 0 Å². The van der Waals surface area contributed by atoms with Gasteiger partial charge in [-0.05, 0) is 49.4 Å². The van der Waals surface area contributed by atoms with Crippen molar-refractivity contribution < 1.29 is 9.53 Å². The van der Waals surface area contributed by atoms with Gasteiger partial charge < -0.3 is 9.72 Å². The zero-order chi connectivity index (χ0) is 20.5. The normalized spacial score (nSPS) is 13.7. The van der Waals surface area contributed by atoms with Gasteiger partial charge in [0.05, 0.1) is 22.0 Å². The van der Waals surface area contributed by atoms with E-state index in [4.69, 9.17) is 9.72 Å². The van der Waals surface area contributed by atoms with Crippen LogP contribution in [0.15, 0.2) is 53.3 Å². The second-order valence-electron chi connectivity index (χ2n) is 7.60. The van der Waals surface area contributed by atoms with Gasteiger partial charge in [-0.2, -0.15) is 0 Å². The number of ether oxygens (including phenoxy) is 1. The Morgan fingerprint density at radius 3 is 2.43 bits per heavy atom. The maximum absolute atomic E-state index is 13.2. The van der Waals surface area contributed by atoms with Gasteiger partial charge in [0, 0.05) is 11.1 Å². The molecule has 4 aromatic rings. The minimum absolute atomic E-state index is 0.0929. The molecule has 5 rings (SSSR count). The third kappa shape index (κ3) is 3.34. The van der Waals surface area contributed by atoms with Gasteiger partial charge in [-0.25, -0.2) is 9.78 Å². The molecule has 0 saturated carbocycles. The fourth-order valence-electron chi connectivity index (χ4n) is 4.19. The number of esters is 1. The first kappa shape index (κ1) is 18.5. The Morgan fingerprint density at radius 1 is 0.900 bits per heavy atom. The number of fused-ring (bicyclic) bond motifs is 3. The number of aromatic amines is 1. The summed E-state index contributed by atoms with van der Waals surface area (Å²) >= 11 is 0. The fraction of sp³-hybridized carbons (Fsp3) is 0.250. The van der Waals surface area contributed by atoms with Crippen molar-refractivity contribution in [3.8, 4) is 0 Å². The van der Waals surface area contributed by atoms with Gasteiger partial charge in [0.1, 0.15) is 12.4 Å². The van der Waals surface area contributed by atoms with Crippen LogP contribution in [0.3, 0.4) is 0 Å². The number of carbonyl (C=O) groups excluding carboxylic acids is 1. The monoisotopic (exact) mass is 399 g/mol. The van der Waals surface area contributed by atoms with E-state index in [2.05, 4.69) is 9.97 Å². The van der Waals surface area contributed by atoms with Crippen LogP contribution in [0, 0.1) is 0 Å².